The van der Waals surface area contributed by atoms with E-state index in [2.05, 4.69) is 22.2 Å². The highest BCUT2D eigenvalue weighted by molar-refractivity contribution is 6.02. The summed E-state index contributed by atoms with van der Waals surface area (Å²) in [5.74, 6) is -0.244. The smallest absolute Gasteiger partial charge is 0.275 e. The number of rotatable bonds is 4. The Morgan fingerprint density at radius 2 is 2.00 bits per heavy atom. The first-order chi connectivity index (χ1) is 8.79. The maximum atomic E-state index is 11.8. The molecule has 4 heteroatoms. The molecule has 0 radical (unpaired) electrons. The van der Waals surface area contributed by atoms with Crippen molar-refractivity contribution in [1.82, 2.24) is 9.97 Å². The minimum absolute atomic E-state index is 0.244. The summed E-state index contributed by atoms with van der Waals surface area (Å²) in [5.41, 5.74) is 2.36. The van der Waals surface area contributed by atoms with Gasteiger partial charge in [0.1, 0.15) is 5.69 Å². The molecule has 0 saturated carbocycles. The molecule has 0 atom stereocenters. The molecule has 0 bridgehead atoms. The number of hydrogen-bond donors (Lipinski definition) is 1. The summed E-state index contributed by atoms with van der Waals surface area (Å²) in [7, 11) is 0. The van der Waals surface area contributed by atoms with Gasteiger partial charge in [-0.05, 0) is 24.1 Å². The molecule has 0 saturated heterocycles. The van der Waals surface area contributed by atoms with Crippen LogP contribution in [-0.2, 0) is 6.42 Å². The molecule has 1 heterocycles. The molecule has 92 valence electrons. The second-order valence-corrected chi connectivity index (χ2v) is 3.99. The third-order valence-corrected chi connectivity index (χ3v) is 2.55. The Morgan fingerprint density at radius 3 is 2.61 bits per heavy atom. The lowest BCUT2D eigenvalue weighted by atomic mass is 10.1. The zero-order chi connectivity index (χ0) is 12.8. The van der Waals surface area contributed by atoms with Crippen LogP contribution in [0.15, 0.2) is 42.9 Å². The summed E-state index contributed by atoms with van der Waals surface area (Å²) in [5, 5.41) is 2.79. The monoisotopic (exact) mass is 241 g/mol. The zero-order valence-electron chi connectivity index (χ0n) is 10.3. The molecular formula is C14H15N3O. The molecule has 0 aliphatic heterocycles. The van der Waals surface area contributed by atoms with Crippen molar-refractivity contribution in [2.75, 3.05) is 5.32 Å². The van der Waals surface area contributed by atoms with Gasteiger partial charge in [0, 0.05) is 18.1 Å². The molecule has 2 aromatic rings. The second kappa shape index (κ2) is 5.91. The molecule has 0 aliphatic rings. The average Bonchev–Trinajstić information content (AvgIpc) is 2.42. The van der Waals surface area contributed by atoms with Crippen molar-refractivity contribution in [3.05, 3.63) is 54.1 Å². The molecule has 4 nitrogen and oxygen atoms in total. The van der Waals surface area contributed by atoms with Crippen LogP contribution >= 0.6 is 0 Å². The van der Waals surface area contributed by atoms with Gasteiger partial charge in [-0.2, -0.15) is 0 Å². The van der Waals surface area contributed by atoms with Crippen LogP contribution < -0.4 is 5.32 Å². The molecule has 0 fully saturated rings. The van der Waals surface area contributed by atoms with Crippen molar-refractivity contribution in [1.29, 1.82) is 0 Å². The summed E-state index contributed by atoms with van der Waals surface area (Å²) >= 11 is 0. The largest absolute Gasteiger partial charge is 0.321 e. The first-order valence-corrected chi connectivity index (χ1v) is 5.96. The predicted octanol–water partition coefficient (Wildman–Crippen LogP) is 2.68. The minimum Gasteiger partial charge on any atom is -0.321 e. The van der Waals surface area contributed by atoms with Crippen LogP contribution in [0.3, 0.4) is 0 Å². The standard InChI is InChI=1S/C14H15N3O/c1-2-3-11-4-6-12(7-5-11)17-14(18)13-10-15-8-9-16-13/h4-10H,2-3H2,1H3,(H,17,18). The van der Waals surface area contributed by atoms with Crippen molar-refractivity contribution in [3.63, 3.8) is 0 Å². The van der Waals surface area contributed by atoms with E-state index in [1.54, 1.807) is 0 Å². The van der Waals surface area contributed by atoms with E-state index in [1.807, 2.05) is 24.3 Å². The maximum Gasteiger partial charge on any atom is 0.275 e. The van der Waals surface area contributed by atoms with Gasteiger partial charge in [-0.1, -0.05) is 25.5 Å². The quantitative estimate of drug-likeness (QED) is 0.895. The van der Waals surface area contributed by atoms with Crippen LogP contribution in [0, 0.1) is 0 Å². The summed E-state index contributed by atoms with van der Waals surface area (Å²) in [6, 6.07) is 7.85. The van der Waals surface area contributed by atoms with E-state index in [0.717, 1.165) is 18.5 Å². The number of aromatic nitrogens is 2. The minimum atomic E-state index is -0.244. The lowest BCUT2D eigenvalue weighted by Gasteiger charge is -2.05. The molecule has 1 aromatic heterocycles. The molecule has 0 aliphatic carbocycles. The normalized spacial score (nSPS) is 10.1. The predicted molar refractivity (Wildman–Crippen MR) is 70.4 cm³/mol. The summed E-state index contributed by atoms with van der Waals surface area (Å²) in [6.07, 6.45) is 6.65. The van der Waals surface area contributed by atoms with Gasteiger partial charge >= 0.3 is 0 Å². The Morgan fingerprint density at radius 1 is 1.22 bits per heavy atom. The molecule has 0 spiro atoms. The van der Waals surface area contributed by atoms with Crippen LogP contribution in [0.25, 0.3) is 0 Å². The number of amides is 1. The van der Waals surface area contributed by atoms with Crippen LogP contribution in [0.4, 0.5) is 5.69 Å². The van der Waals surface area contributed by atoms with E-state index in [-0.39, 0.29) is 5.91 Å². The van der Waals surface area contributed by atoms with Crippen LogP contribution in [0.2, 0.25) is 0 Å². The Bertz CT molecular complexity index is 508. The molecule has 0 unspecified atom stereocenters. The van der Waals surface area contributed by atoms with Gasteiger partial charge in [0.25, 0.3) is 5.91 Å². The van der Waals surface area contributed by atoms with Gasteiger partial charge < -0.3 is 5.32 Å². The van der Waals surface area contributed by atoms with Gasteiger partial charge in [0.05, 0.1) is 6.20 Å². The van der Waals surface area contributed by atoms with Gasteiger partial charge in [0.2, 0.25) is 0 Å². The lowest BCUT2D eigenvalue weighted by Crippen LogP contribution is -2.13. The summed E-state index contributed by atoms with van der Waals surface area (Å²) in [6.45, 7) is 2.14. The van der Waals surface area contributed by atoms with Crippen molar-refractivity contribution in [2.45, 2.75) is 19.8 Å². The average molecular weight is 241 g/mol. The number of anilines is 1. The van der Waals surface area contributed by atoms with Gasteiger partial charge in [-0.25, -0.2) is 4.98 Å². The van der Waals surface area contributed by atoms with Crippen molar-refractivity contribution in [2.24, 2.45) is 0 Å². The highest BCUT2D eigenvalue weighted by Gasteiger charge is 2.06. The van der Waals surface area contributed by atoms with E-state index in [1.165, 1.54) is 24.2 Å². The summed E-state index contributed by atoms with van der Waals surface area (Å²) < 4.78 is 0. The Labute approximate surface area is 106 Å². The van der Waals surface area contributed by atoms with Crippen LogP contribution in [0.5, 0.6) is 0 Å². The number of nitrogens with one attached hydrogen (secondary N) is 1. The fraction of sp³-hybridized carbons (Fsp3) is 0.214. The molecule has 18 heavy (non-hydrogen) atoms. The Hall–Kier alpha value is -2.23. The Balaban J connectivity index is 2.03. The first-order valence-electron chi connectivity index (χ1n) is 5.96. The van der Waals surface area contributed by atoms with Crippen LogP contribution in [-0.4, -0.2) is 15.9 Å². The first kappa shape index (κ1) is 12.2. The Kier molecular flexibility index (Phi) is 4.02. The van der Waals surface area contributed by atoms with Gasteiger partial charge in [-0.3, -0.25) is 9.78 Å². The summed E-state index contributed by atoms with van der Waals surface area (Å²) in [4.78, 5) is 19.6. The number of hydrogen-bond acceptors (Lipinski definition) is 3. The molecule has 2 rings (SSSR count). The number of carbonyl (C=O) groups excluding carboxylic acids is 1. The van der Waals surface area contributed by atoms with E-state index >= 15 is 0 Å². The number of nitrogens with zero attached hydrogens (tertiary/aromatic N) is 2. The molecule has 1 aromatic carbocycles. The van der Waals surface area contributed by atoms with E-state index in [9.17, 15) is 4.79 Å². The van der Waals surface area contributed by atoms with Crippen molar-refractivity contribution < 1.29 is 4.79 Å². The topological polar surface area (TPSA) is 54.9 Å². The van der Waals surface area contributed by atoms with Crippen molar-refractivity contribution in [3.8, 4) is 0 Å². The van der Waals surface area contributed by atoms with Crippen LogP contribution in [0.1, 0.15) is 29.4 Å². The zero-order valence-corrected chi connectivity index (χ0v) is 10.3. The van der Waals surface area contributed by atoms with Crippen molar-refractivity contribution >= 4 is 11.6 Å². The third kappa shape index (κ3) is 3.13. The fourth-order valence-electron chi connectivity index (χ4n) is 1.65. The van der Waals surface area contributed by atoms with E-state index < -0.39 is 0 Å². The van der Waals surface area contributed by atoms with E-state index in [0.29, 0.717) is 5.69 Å². The van der Waals surface area contributed by atoms with E-state index in [4.69, 9.17) is 0 Å². The lowest BCUT2D eigenvalue weighted by molar-refractivity contribution is 0.102. The molecule has 1 N–H and O–H groups in total. The molecular weight excluding hydrogens is 226 g/mol. The van der Waals surface area contributed by atoms with Gasteiger partial charge in [0.15, 0.2) is 0 Å². The van der Waals surface area contributed by atoms with Gasteiger partial charge in [-0.15, -0.1) is 0 Å². The maximum absolute atomic E-state index is 11.8. The number of benzene rings is 1. The second-order valence-electron chi connectivity index (χ2n) is 3.99. The SMILES string of the molecule is CCCc1ccc(NC(=O)c2cnccn2)cc1. The third-order valence-electron chi connectivity index (χ3n) is 2.55. The highest BCUT2D eigenvalue weighted by atomic mass is 16.1. The fourth-order valence-corrected chi connectivity index (χ4v) is 1.65. The molecule has 1 amide bonds. The number of aryl methyl sites for hydroxylation is 1. The number of carbonyl (C=O) groups is 1. The highest BCUT2D eigenvalue weighted by Crippen LogP contribution is 2.11.